The molecule has 0 amide bonds. The number of carbonyl (C=O) groups excluding carboxylic acids is 1. The lowest BCUT2D eigenvalue weighted by Gasteiger charge is -2.23. The average Bonchev–Trinajstić information content (AvgIpc) is 2.89. The number of rotatable bonds is 10. The summed E-state index contributed by atoms with van der Waals surface area (Å²) in [4.78, 5) is 15.4. The Balaban J connectivity index is 1.58. The van der Waals surface area contributed by atoms with Crippen LogP contribution in [0.1, 0.15) is 61.4 Å². The maximum absolute atomic E-state index is 13.4. The molecule has 0 heterocycles. The molecule has 1 aliphatic carbocycles. The van der Waals surface area contributed by atoms with Crippen molar-refractivity contribution in [3.63, 3.8) is 0 Å². The first-order valence-electron chi connectivity index (χ1n) is 12.6. The van der Waals surface area contributed by atoms with E-state index in [1.807, 2.05) is 60.7 Å². The highest BCUT2D eigenvalue weighted by atomic mass is 32.2. The van der Waals surface area contributed by atoms with E-state index in [-0.39, 0.29) is 5.78 Å². The summed E-state index contributed by atoms with van der Waals surface area (Å²) in [5.74, 6) is 0.935. The second kappa shape index (κ2) is 10.6. The molecule has 4 aromatic carbocycles. The number of para-hydroxylation sites is 1. The molecule has 4 heteroatoms. The lowest BCUT2D eigenvalue weighted by molar-refractivity contribution is 0.104. The van der Waals surface area contributed by atoms with Gasteiger partial charge in [-0.3, -0.25) is 4.79 Å². The predicted octanol–water partition coefficient (Wildman–Crippen LogP) is 8.52. The number of benzene rings is 4. The number of anilines is 1. The van der Waals surface area contributed by atoms with Gasteiger partial charge < -0.3 is 10.5 Å². The molecular weight excluding hydrogens is 450 g/mol. The number of carbonyl (C=O) groups is 1. The third-order valence-corrected chi connectivity index (χ3v) is 7.89. The molecule has 3 nitrogen and oxygen atoms in total. The monoisotopic (exact) mass is 481 g/mol. The largest absolute Gasteiger partial charge is 0.492 e. The van der Waals surface area contributed by atoms with Crippen LogP contribution >= 0.6 is 11.8 Å². The van der Waals surface area contributed by atoms with Crippen LogP contribution in [0.3, 0.4) is 0 Å². The number of hydrogen-bond acceptors (Lipinski definition) is 4. The maximum atomic E-state index is 13.4. The van der Waals surface area contributed by atoms with E-state index >= 15 is 0 Å². The highest BCUT2D eigenvalue weighted by molar-refractivity contribution is 7.99. The van der Waals surface area contributed by atoms with Crippen molar-refractivity contribution in [1.29, 1.82) is 0 Å². The van der Waals surface area contributed by atoms with Crippen molar-refractivity contribution in [1.82, 2.24) is 0 Å². The van der Waals surface area contributed by atoms with Crippen molar-refractivity contribution >= 4 is 34.0 Å². The van der Waals surface area contributed by atoms with Crippen LogP contribution in [0.25, 0.3) is 21.9 Å². The zero-order valence-electron chi connectivity index (χ0n) is 20.2. The highest BCUT2D eigenvalue weighted by Crippen LogP contribution is 2.49. The Morgan fingerprint density at radius 1 is 0.771 bits per heavy atom. The van der Waals surface area contributed by atoms with Crippen molar-refractivity contribution in [2.75, 3.05) is 12.3 Å². The molecule has 4 aromatic rings. The first kappa shape index (κ1) is 23.5. The van der Waals surface area contributed by atoms with Gasteiger partial charge in [-0.1, -0.05) is 105 Å². The summed E-state index contributed by atoms with van der Waals surface area (Å²) in [6.07, 6.45) is 7.31. The van der Waals surface area contributed by atoms with Crippen LogP contribution in [0.2, 0.25) is 0 Å². The third kappa shape index (κ3) is 4.68. The molecule has 178 valence electrons. The fourth-order valence-electron chi connectivity index (χ4n) is 4.86. The molecule has 0 spiro atoms. The SMILES string of the molecule is CCCCCCCCOc1cc2c3c(cccc3c1Sc1ccccc1N)C(=O)c1ccccc1-2. The van der Waals surface area contributed by atoms with Gasteiger partial charge in [-0.2, -0.15) is 0 Å². The number of fused-ring (bicyclic) bond motifs is 2. The minimum absolute atomic E-state index is 0.0784. The smallest absolute Gasteiger partial charge is 0.194 e. The number of ketones is 1. The zero-order chi connectivity index (χ0) is 24.2. The van der Waals surface area contributed by atoms with Gasteiger partial charge in [0, 0.05) is 32.5 Å². The van der Waals surface area contributed by atoms with Gasteiger partial charge in [0.25, 0.3) is 0 Å². The van der Waals surface area contributed by atoms with E-state index in [0.717, 1.165) is 60.7 Å². The molecular formula is C31H31NO2S. The second-order valence-corrected chi connectivity index (χ2v) is 10.2. The molecule has 35 heavy (non-hydrogen) atoms. The van der Waals surface area contributed by atoms with E-state index in [2.05, 4.69) is 19.1 Å². The fourth-order valence-corrected chi connectivity index (χ4v) is 5.91. The molecule has 0 bridgehead atoms. The van der Waals surface area contributed by atoms with E-state index < -0.39 is 0 Å². The Hall–Kier alpha value is -3.24. The van der Waals surface area contributed by atoms with E-state index in [9.17, 15) is 4.79 Å². The van der Waals surface area contributed by atoms with Crippen LogP contribution in [0.4, 0.5) is 5.69 Å². The highest BCUT2D eigenvalue weighted by Gasteiger charge is 2.27. The van der Waals surface area contributed by atoms with Gasteiger partial charge in [0.1, 0.15) is 5.75 Å². The molecule has 5 rings (SSSR count). The first-order chi connectivity index (χ1) is 17.2. The van der Waals surface area contributed by atoms with Crippen LogP contribution in [0, 0.1) is 0 Å². The summed E-state index contributed by atoms with van der Waals surface area (Å²) in [5, 5.41) is 2.04. The topological polar surface area (TPSA) is 52.3 Å². The lowest BCUT2D eigenvalue weighted by Crippen LogP contribution is -2.10. The Morgan fingerprint density at radius 3 is 2.31 bits per heavy atom. The standard InChI is InChI=1S/C31H31NO2S/c1-2-3-4-5-6-11-19-34-27-20-25-21-13-7-8-14-22(21)30(33)23-15-12-16-24(29(23)25)31(27)35-28-18-10-9-17-26(28)32/h7-10,12-18,20H,2-6,11,19,32H2,1H3. The van der Waals surface area contributed by atoms with Crippen molar-refractivity contribution in [2.45, 2.75) is 55.2 Å². The fraction of sp³-hybridized carbons (Fsp3) is 0.258. The molecule has 0 fully saturated rings. The van der Waals surface area contributed by atoms with Crippen LogP contribution in [-0.2, 0) is 0 Å². The van der Waals surface area contributed by atoms with Crippen molar-refractivity contribution < 1.29 is 9.53 Å². The van der Waals surface area contributed by atoms with E-state index in [4.69, 9.17) is 10.5 Å². The van der Waals surface area contributed by atoms with Gasteiger partial charge in [0.15, 0.2) is 5.78 Å². The summed E-state index contributed by atoms with van der Waals surface area (Å²) < 4.78 is 6.47. The number of ether oxygens (including phenoxy) is 1. The Kier molecular flexibility index (Phi) is 7.10. The average molecular weight is 482 g/mol. The van der Waals surface area contributed by atoms with Crippen LogP contribution in [0.15, 0.2) is 82.6 Å². The second-order valence-electron chi connectivity index (χ2n) is 9.11. The number of nitrogen functional groups attached to an aromatic ring is 1. The zero-order valence-corrected chi connectivity index (χ0v) is 21.0. The molecule has 0 unspecified atom stereocenters. The number of unbranched alkanes of at least 4 members (excludes halogenated alkanes) is 5. The van der Waals surface area contributed by atoms with E-state index in [1.165, 1.54) is 32.1 Å². The molecule has 0 radical (unpaired) electrons. The normalized spacial score (nSPS) is 12.1. The summed E-state index contributed by atoms with van der Waals surface area (Å²) >= 11 is 1.62. The van der Waals surface area contributed by atoms with Gasteiger partial charge in [-0.25, -0.2) is 0 Å². The summed E-state index contributed by atoms with van der Waals surface area (Å²) in [7, 11) is 0. The summed E-state index contributed by atoms with van der Waals surface area (Å²) in [5.41, 5.74) is 10.6. The minimum Gasteiger partial charge on any atom is -0.492 e. The van der Waals surface area contributed by atoms with Crippen molar-refractivity contribution in [3.05, 3.63) is 83.9 Å². The Labute approximate surface area is 211 Å². The maximum Gasteiger partial charge on any atom is 0.194 e. The summed E-state index contributed by atoms with van der Waals surface area (Å²) in [6.45, 7) is 2.92. The van der Waals surface area contributed by atoms with Gasteiger partial charge in [-0.05, 0) is 35.7 Å². The molecule has 0 saturated heterocycles. The van der Waals surface area contributed by atoms with Gasteiger partial charge >= 0.3 is 0 Å². The van der Waals surface area contributed by atoms with E-state index in [1.54, 1.807) is 11.8 Å². The Morgan fingerprint density at radius 2 is 1.49 bits per heavy atom. The van der Waals surface area contributed by atoms with Gasteiger partial charge in [0.2, 0.25) is 0 Å². The molecule has 2 N–H and O–H groups in total. The molecule has 0 saturated carbocycles. The summed E-state index contributed by atoms with van der Waals surface area (Å²) in [6, 6.07) is 23.9. The quantitative estimate of drug-likeness (QED) is 0.160. The molecule has 0 aromatic heterocycles. The Bertz CT molecular complexity index is 1380. The lowest BCUT2D eigenvalue weighted by atomic mass is 9.83. The number of hydrogen-bond donors (Lipinski definition) is 1. The van der Waals surface area contributed by atoms with Crippen molar-refractivity contribution in [3.8, 4) is 16.9 Å². The minimum atomic E-state index is 0.0784. The van der Waals surface area contributed by atoms with Gasteiger partial charge in [0.05, 0.1) is 11.5 Å². The predicted molar refractivity (Wildman–Crippen MR) is 147 cm³/mol. The first-order valence-corrected chi connectivity index (χ1v) is 13.4. The molecule has 1 aliphatic rings. The van der Waals surface area contributed by atoms with Crippen LogP contribution in [-0.4, -0.2) is 12.4 Å². The molecule has 0 aliphatic heterocycles. The molecule has 0 atom stereocenters. The number of nitrogens with two attached hydrogens (primary N) is 1. The van der Waals surface area contributed by atoms with Gasteiger partial charge in [-0.15, -0.1) is 0 Å². The van der Waals surface area contributed by atoms with Crippen LogP contribution < -0.4 is 10.5 Å². The van der Waals surface area contributed by atoms with E-state index in [0.29, 0.717) is 6.61 Å². The van der Waals surface area contributed by atoms with Crippen LogP contribution in [0.5, 0.6) is 5.75 Å². The third-order valence-electron chi connectivity index (χ3n) is 6.67. The van der Waals surface area contributed by atoms with Crippen molar-refractivity contribution in [2.24, 2.45) is 0 Å².